The fraction of sp³-hybridized carbons (Fsp3) is 0.353. The van der Waals surface area contributed by atoms with Crippen LogP contribution in [-0.2, 0) is 6.54 Å². The zero-order valence-electron chi connectivity index (χ0n) is 12.7. The van der Waals surface area contributed by atoms with E-state index < -0.39 is 0 Å². The quantitative estimate of drug-likeness (QED) is 0.807. The average Bonchev–Trinajstić information content (AvgIpc) is 2.81. The first-order valence-electron chi connectivity index (χ1n) is 7.28. The Bertz CT molecular complexity index is 614. The van der Waals surface area contributed by atoms with Gasteiger partial charge in [0.05, 0.1) is 0 Å². The molecule has 0 fully saturated rings. The van der Waals surface area contributed by atoms with Crippen molar-refractivity contribution in [3.05, 3.63) is 52.3 Å². The Hall–Kier alpha value is -1.55. The molecule has 2 aromatic rings. The van der Waals surface area contributed by atoms with Gasteiger partial charge in [-0.15, -0.1) is 0 Å². The number of nitrogens with one attached hydrogen (secondary N) is 1. The van der Waals surface area contributed by atoms with Gasteiger partial charge in [0.15, 0.2) is 0 Å². The largest absolute Gasteiger partial charge is 0.342 e. The van der Waals surface area contributed by atoms with Gasteiger partial charge in [0.1, 0.15) is 5.69 Å². The van der Waals surface area contributed by atoms with Crippen molar-refractivity contribution in [2.45, 2.75) is 39.7 Å². The lowest BCUT2D eigenvalue weighted by molar-refractivity contribution is 0.101. The maximum absolute atomic E-state index is 12.4. The number of halogens is 1. The van der Waals surface area contributed by atoms with Gasteiger partial charge in [-0.3, -0.25) is 4.79 Å². The zero-order valence-corrected chi connectivity index (χ0v) is 14.3. The lowest BCUT2D eigenvalue weighted by Crippen LogP contribution is -2.16. The molecule has 0 unspecified atom stereocenters. The fourth-order valence-electron chi connectivity index (χ4n) is 2.24. The summed E-state index contributed by atoms with van der Waals surface area (Å²) in [6.07, 6.45) is 2.94. The van der Waals surface area contributed by atoms with Crippen molar-refractivity contribution < 1.29 is 4.79 Å². The number of hydrogen-bond donors (Lipinski definition) is 1. The highest BCUT2D eigenvalue weighted by molar-refractivity contribution is 9.10. The summed E-state index contributed by atoms with van der Waals surface area (Å²) in [5, 5.41) is 2.96. The van der Waals surface area contributed by atoms with Crippen LogP contribution in [0, 0.1) is 0 Å². The number of aromatic nitrogens is 1. The lowest BCUT2D eigenvalue weighted by atomic mass is 10.0. The second-order valence-electron chi connectivity index (χ2n) is 5.47. The first-order chi connectivity index (χ1) is 10.0. The highest BCUT2D eigenvalue weighted by atomic mass is 79.9. The number of rotatable bonds is 5. The molecule has 0 saturated heterocycles. The topological polar surface area (TPSA) is 34.0 Å². The molecular formula is C17H21BrN2O. The van der Waals surface area contributed by atoms with Crippen molar-refractivity contribution in [1.29, 1.82) is 0 Å². The summed E-state index contributed by atoms with van der Waals surface area (Å²) in [5.41, 5.74) is 2.77. The van der Waals surface area contributed by atoms with E-state index in [0.717, 1.165) is 23.1 Å². The Labute approximate surface area is 134 Å². The molecule has 1 aromatic heterocycles. The number of carbonyl (C=O) groups is 1. The van der Waals surface area contributed by atoms with Crippen molar-refractivity contribution in [2.75, 3.05) is 5.32 Å². The van der Waals surface area contributed by atoms with Crippen LogP contribution in [0.25, 0.3) is 0 Å². The molecule has 0 aliphatic rings. The molecule has 112 valence electrons. The predicted octanol–water partition coefficient (Wildman–Crippen LogP) is 5.04. The van der Waals surface area contributed by atoms with E-state index in [2.05, 4.69) is 54.2 Å². The molecule has 1 heterocycles. The molecular weight excluding hydrogens is 328 g/mol. The van der Waals surface area contributed by atoms with Gasteiger partial charge in [0, 0.05) is 22.9 Å². The van der Waals surface area contributed by atoms with E-state index >= 15 is 0 Å². The summed E-state index contributed by atoms with van der Waals surface area (Å²) in [5.74, 6) is 0.416. The maximum Gasteiger partial charge on any atom is 0.272 e. The summed E-state index contributed by atoms with van der Waals surface area (Å²) in [6, 6.07) is 9.88. The molecule has 0 atom stereocenters. The SMILES string of the molecule is CCCn1cc(Br)cc1C(=O)Nc1ccc(C(C)C)cc1. The Kier molecular flexibility index (Phi) is 5.23. The van der Waals surface area contributed by atoms with Gasteiger partial charge in [-0.05, 0) is 52.0 Å². The Morgan fingerprint density at radius 1 is 1.29 bits per heavy atom. The molecule has 4 heteroatoms. The molecule has 1 aromatic carbocycles. The van der Waals surface area contributed by atoms with Crippen LogP contribution in [-0.4, -0.2) is 10.5 Å². The Morgan fingerprint density at radius 2 is 1.95 bits per heavy atom. The smallest absolute Gasteiger partial charge is 0.272 e. The van der Waals surface area contributed by atoms with Crippen molar-refractivity contribution in [1.82, 2.24) is 4.57 Å². The first-order valence-corrected chi connectivity index (χ1v) is 8.07. The van der Waals surface area contributed by atoms with Crippen molar-refractivity contribution >= 4 is 27.5 Å². The highest BCUT2D eigenvalue weighted by Crippen LogP contribution is 2.19. The standard InChI is InChI=1S/C17H21BrN2O/c1-4-9-20-11-14(18)10-16(20)17(21)19-15-7-5-13(6-8-15)12(2)3/h5-8,10-12H,4,9H2,1-3H3,(H,19,21). The van der Waals surface area contributed by atoms with Crippen molar-refractivity contribution in [3.8, 4) is 0 Å². The van der Waals surface area contributed by atoms with Gasteiger partial charge in [-0.25, -0.2) is 0 Å². The van der Waals surface area contributed by atoms with Crippen LogP contribution in [0.3, 0.4) is 0 Å². The second-order valence-corrected chi connectivity index (χ2v) is 6.38. The fourth-order valence-corrected chi connectivity index (χ4v) is 2.70. The van der Waals surface area contributed by atoms with Crippen LogP contribution >= 0.6 is 15.9 Å². The molecule has 1 amide bonds. The molecule has 0 saturated carbocycles. The van der Waals surface area contributed by atoms with E-state index in [0.29, 0.717) is 11.6 Å². The average molecular weight is 349 g/mol. The Balaban J connectivity index is 2.14. The number of hydrogen-bond acceptors (Lipinski definition) is 1. The van der Waals surface area contributed by atoms with Crippen LogP contribution in [0.4, 0.5) is 5.69 Å². The van der Waals surface area contributed by atoms with Gasteiger partial charge in [-0.2, -0.15) is 0 Å². The third-order valence-corrected chi connectivity index (χ3v) is 3.83. The van der Waals surface area contributed by atoms with Crippen LogP contribution in [0.2, 0.25) is 0 Å². The molecule has 0 radical (unpaired) electrons. The molecule has 21 heavy (non-hydrogen) atoms. The van der Waals surface area contributed by atoms with E-state index in [1.54, 1.807) is 0 Å². The summed E-state index contributed by atoms with van der Waals surface area (Å²) in [6.45, 7) is 7.24. The van der Waals surface area contributed by atoms with Crippen molar-refractivity contribution in [2.24, 2.45) is 0 Å². The second kappa shape index (κ2) is 6.94. The van der Waals surface area contributed by atoms with Crippen LogP contribution in [0.1, 0.15) is 49.2 Å². The third kappa shape index (κ3) is 3.97. The molecule has 0 aliphatic carbocycles. The number of nitrogens with zero attached hydrogens (tertiary/aromatic N) is 1. The minimum atomic E-state index is -0.0774. The summed E-state index contributed by atoms with van der Waals surface area (Å²) in [4.78, 5) is 12.4. The molecule has 3 nitrogen and oxygen atoms in total. The summed E-state index contributed by atoms with van der Waals surface area (Å²) >= 11 is 3.43. The molecule has 2 rings (SSSR count). The van der Waals surface area contributed by atoms with Crippen LogP contribution in [0.5, 0.6) is 0 Å². The third-order valence-electron chi connectivity index (χ3n) is 3.40. The first kappa shape index (κ1) is 15.8. The van der Waals surface area contributed by atoms with Gasteiger partial charge in [0.25, 0.3) is 5.91 Å². The summed E-state index contributed by atoms with van der Waals surface area (Å²) in [7, 11) is 0. The van der Waals surface area contributed by atoms with E-state index in [-0.39, 0.29) is 5.91 Å². The Morgan fingerprint density at radius 3 is 2.52 bits per heavy atom. The lowest BCUT2D eigenvalue weighted by Gasteiger charge is -2.10. The van der Waals surface area contributed by atoms with Gasteiger partial charge < -0.3 is 9.88 Å². The normalized spacial score (nSPS) is 10.9. The minimum Gasteiger partial charge on any atom is -0.342 e. The molecule has 0 spiro atoms. The monoisotopic (exact) mass is 348 g/mol. The van der Waals surface area contributed by atoms with Crippen molar-refractivity contribution in [3.63, 3.8) is 0 Å². The number of benzene rings is 1. The van der Waals surface area contributed by atoms with E-state index in [4.69, 9.17) is 0 Å². The maximum atomic E-state index is 12.4. The number of aryl methyl sites for hydroxylation is 1. The van der Waals surface area contributed by atoms with Crippen LogP contribution in [0.15, 0.2) is 41.0 Å². The number of anilines is 1. The van der Waals surface area contributed by atoms with Crippen LogP contribution < -0.4 is 5.32 Å². The molecule has 1 N–H and O–H groups in total. The predicted molar refractivity (Wildman–Crippen MR) is 90.9 cm³/mol. The van der Waals surface area contributed by atoms with Gasteiger partial charge in [0.2, 0.25) is 0 Å². The summed E-state index contributed by atoms with van der Waals surface area (Å²) < 4.78 is 2.90. The molecule has 0 aliphatic heterocycles. The highest BCUT2D eigenvalue weighted by Gasteiger charge is 2.13. The number of amides is 1. The minimum absolute atomic E-state index is 0.0774. The van der Waals surface area contributed by atoms with E-state index in [1.165, 1.54) is 5.56 Å². The zero-order chi connectivity index (χ0) is 15.4. The molecule has 0 bridgehead atoms. The van der Waals surface area contributed by atoms with Gasteiger partial charge >= 0.3 is 0 Å². The van der Waals surface area contributed by atoms with E-state index in [9.17, 15) is 4.79 Å². The van der Waals surface area contributed by atoms with Gasteiger partial charge in [-0.1, -0.05) is 32.9 Å². The number of carbonyl (C=O) groups excluding carboxylic acids is 1. The van der Waals surface area contributed by atoms with E-state index in [1.807, 2.05) is 29.0 Å².